The number of hydrogen-bond acceptors (Lipinski definition) is 4. The van der Waals surface area contributed by atoms with Gasteiger partial charge in [-0.1, -0.05) is 35.9 Å². The average Bonchev–Trinajstić information content (AvgIpc) is 2.52. The number of carbonyl (C=O) groups excluding carboxylic acids is 1. The molecule has 0 aromatic heterocycles. The van der Waals surface area contributed by atoms with E-state index in [9.17, 15) is 13.2 Å². The first-order chi connectivity index (χ1) is 11.3. The molecule has 0 spiro atoms. The number of aryl methyl sites for hydroxylation is 2. The average molecular weight is 345 g/mol. The van der Waals surface area contributed by atoms with Gasteiger partial charge in [-0.25, -0.2) is 13.1 Å². The molecule has 0 unspecified atom stereocenters. The number of methoxy groups -OCH3 is 1. The van der Waals surface area contributed by atoms with Gasteiger partial charge in [-0.15, -0.1) is 0 Å². The number of rotatable bonds is 5. The number of benzene rings is 2. The number of ether oxygens (including phenoxy) is 1. The lowest BCUT2D eigenvalue weighted by Gasteiger charge is -2.07. The highest BCUT2D eigenvalue weighted by molar-refractivity contribution is 7.93. The van der Waals surface area contributed by atoms with Crippen molar-refractivity contribution < 1.29 is 17.9 Å². The minimum Gasteiger partial charge on any atom is -0.496 e. The zero-order valence-corrected chi connectivity index (χ0v) is 14.6. The van der Waals surface area contributed by atoms with Crippen LogP contribution in [-0.4, -0.2) is 21.4 Å². The molecular weight excluding hydrogens is 326 g/mol. The Morgan fingerprint density at radius 1 is 1.12 bits per heavy atom. The molecule has 0 fully saturated rings. The Balaban J connectivity index is 2.19. The third-order valence-corrected chi connectivity index (χ3v) is 4.39. The van der Waals surface area contributed by atoms with E-state index in [1.54, 1.807) is 43.3 Å². The van der Waals surface area contributed by atoms with E-state index in [0.29, 0.717) is 16.9 Å². The topological polar surface area (TPSA) is 72.5 Å². The van der Waals surface area contributed by atoms with Crippen molar-refractivity contribution in [1.29, 1.82) is 0 Å². The smallest absolute Gasteiger partial charge is 0.265 e. The zero-order chi connectivity index (χ0) is 17.7. The standard InChI is InChI=1S/C18H19NO4S/c1-13-8-9-16(14(2)12-13)18(20)19-24(21,22)11-10-15-6-4-5-7-17(15)23-3/h4-12H,1-3H3,(H,19,20)/b11-10+. The van der Waals surface area contributed by atoms with E-state index in [2.05, 4.69) is 0 Å². The predicted molar refractivity (Wildman–Crippen MR) is 94.3 cm³/mol. The Hall–Kier alpha value is -2.60. The van der Waals surface area contributed by atoms with Gasteiger partial charge < -0.3 is 4.74 Å². The highest BCUT2D eigenvalue weighted by Gasteiger charge is 2.15. The van der Waals surface area contributed by atoms with Crippen LogP contribution in [0.4, 0.5) is 0 Å². The fourth-order valence-corrected chi connectivity index (χ4v) is 3.02. The fourth-order valence-electron chi connectivity index (χ4n) is 2.25. The Morgan fingerprint density at radius 2 is 1.83 bits per heavy atom. The summed E-state index contributed by atoms with van der Waals surface area (Å²) in [5, 5.41) is 0.951. The molecule has 0 bridgehead atoms. The van der Waals surface area contributed by atoms with Gasteiger partial charge in [-0.2, -0.15) is 0 Å². The summed E-state index contributed by atoms with van der Waals surface area (Å²) in [7, 11) is -2.41. The molecule has 0 atom stereocenters. The van der Waals surface area contributed by atoms with Gasteiger partial charge in [0.15, 0.2) is 0 Å². The van der Waals surface area contributed by atoms with Crippen LogP contribution >= 0.6 is 0 Å². The van der Waals surface area contributed by atoms with Gasteiger partial charge >= 0.3 is 0 Å². The van der Waals surface area contributed by atoms with Crippen LogP contribution in [0.15, 0.2) is 47.9 Å². The molecule has 0 saturated carbocycles. The number of para-hydroxylation sites is 1. The molecule has 126 valence electrons. The van der Waals surface area contributed by atoms with Crippen LogP contribution in [-0.2, 0) is 10.0 Å². The first kappa shape index (κ1) is 17.7. The molecule has 0 aliphatic rings. The minimum absolute atomic E-state index is 0.329. The quantitative estimate of drug-likeness (QED) is 0.904. The van der Waals surface area contributed by atoms with Crippen molar-refractivity contribution >= 4 is 22.0 Å². The molecule has 0 aliphatic heterocycles. The number of hydrogen-bond donors (Lipinski definition) is 1. The summed E-state index contributed by atoms with van der Waals surface area (Å²) in [6.45, 7) is 3.67. The highest BCUT2D eigenvalue weighted by atomic mass is 32.2. The second-order valence-corrected chi connectivity index (χ2v) is 6.91. The minimum atomic E-state index is -3.91. The number of carbonyl (C=O) groups is 1. The summed E-state index contributed by atoms with van der Waals surface area (Å²) < 4.78 is 31.4. The molecule has 0 heterocycles. The highest BCUT2D eigenvalue weighted by Crippen LogP contribution is 2.19. The molecule has 2 rings (SSSR count). The van der Waals surface area contributed by atoms with Gasteiger partial charge in [0.25, 0.3) is 15.9 Å². The van der Waals surface area contributed by atoms with Crippen LogP contribution < -0.4 is 9.46 Å². The van der Waals surface area contributed by atoms with Crippen molar-refractivity contribution in [1.82, 2.24) is 4.72 Å². The summed E-state index contributed by atoms with van der Waals surface area (Å²) in [5.74, 6) is -0.109. The van der Waals surface area contributed by atoms with E-state index in [-0.39, 0.29) is 0 Å². The van der Waals surface area contributed by atoms with Gasteiger partial charge in [-0.05, 0) is 37.6 Å². The summed E-state index contributed by atoms with van der Waals surface area (Å²) in [6.07, 6.45) is 1.39. The van der Waals surface area contributed by atoms with Crippen LogP contribution in [0.5, 0.6) is 5.75 Å². The summed E-state index contributed by atoms with van der Waals surface area (Å²) >= 11 is 0. The van der Waals surface area contributed by atoms with Gasteiger partial charge in [0.1, 0.15) is 5.75 Å². The lowest BCUT2D eigenvalue weighted by Crippen LogP contribution is -2.29. The van der Waals surface area contributed by atoms with Crippen LogP contribution in [0.25, 0.3) is 6.08 Å². The van der Waals surface area contributed by atoms with E-state index in [0.717, 1.165) is 16.5 Å². The maximum absolute atomic E-state index is 12.2. The van der Waals surface area contributed by atoms with Crippen LogP contribution in [0.1, 0.15) is 27.0 Å². The van der Waals surface area contributed by atoms with Gasteiger partial charge in [-0.3, -0.25) is 4.79 Å². The maximum Gasteiger partial charge on any atom is 0.265 e. The molecule has 1 amide bonds. The van der Waals surface area contributed by atoms with Crippen molar-refractivity contribution in [2.75, 3.05) is 7.11 Å². The van der Waals surface area contributed by atoms with Gasteiger partial charge in [0, 0.05) is 11.1 Å². The van der Waals surface area contributed by atoms with E-state index in [1.165, 1.54) is 13.2 Å². The third-order valence-electron chi connectivity index (χ3n) is 3.43. The normalized spacial score (nSPS) is 11.5. The first-order valence-electron chi connectivity index (χ1n) is 7.28. The maximum atomic E-state index is 12.2. The largest absolute Gasteiger partial charge is 0.496 e. The van der Waals surface area contributed by atoms with E-state index >= 15 is 0 Å². The molecule has 5 nitrogen and oxygen atoms in total. The molecule has 0 aliphatic carbocycles. The molecule has 1 N–H and O–H groups in total. The van der Waals surface area contributed by atoms with E-state index in [4.69, 9.17) is 4.74 Å². The Kier molecular flexibility index (Phi) is 5.41. The Morgan fingerprint density at radius 3 is 2.50 bits per heavy atom. The first-order valence-corrected chi connectivity index (χ1v) is 8.82. The molecule has 6 heteroatoms. The van der Waals surface area contributed by atoms with Crippen LogP contribution in [0.2, 0.25) is 0 Å². The molecule has 2 aromatic rings. The molecule has 2 aromatic carbocycles. The van der Waals surface area contributed by atoms with Crippen molar-refractivity contribution in [3.05, 3.63) is 70.1 Å². The fraction of sp³-hybridized carbons (Fsp3) is 0.167. The summed E-state index contributed by atoms with van der Waals surface area (Å²) in [4.78, 5) is 12.2. The second kappa shape index (κ2) is 7.31. The number of amides is 1. The van der Waals surface area contributed by atoms with Crippen LogP contribution in [0.3, 0.4) is 0 Å². The zero-order valence-electron chi connectivity index (χ0n) is 13.7. The lowest BCUT2D eigenvalue weighted by molar-refractivity contribution is 0.0981. The summed E-state index contributed by atoms with van der Waals surface area (Å²) in [6, 6.07) is 12.2. The Bertz CT molecular complexity index is 886. The van der Waals surface area contributed by atoms with Crippen molar-refractivity contribution in [2.45, 2.75) is 13.8 Å². The van der Waals surface area contributed by atoms with Gasteiger partial charge in [0.05, 0.1) is 12.5 Å². The van der Waals surface area contributed by atoms with Crippen molar-refractivity contribution in [3.63, 3.8) is 0 Å². The van der Waals surface area contributed by atoms with Crippen molar-refractivity contribution in [3.8, 4) is 5.75 Å². The van der Waals surface area contributed by atoms with E-state index in [1.807, 2.05) is 17.7 Å². The van der Waals surface area contributed by atoms with Crippen LogP contribution in [0, 0.1) is 13.8 Å². The molecule has 0 saturated heterocycles. The van der Waals surface area contributed by atoms with Gasteiger partial charge in [0.2, 0.25) is 0 Å². The Labute approximate surface area is 142 Å². The second-order valence-electron chi connectivity index (χ2n) is 5.34. The number of nitrogens with one attached hydrogen (secondary N) is 1. The third kappa shape index (κ3) is 4.45. The monoisotopic (exact) mass is 345 g/mol. The van der Waals surface area contributed by atoms with Crippen molar-refractivity contribution in [2.24, 2.45) is 0 Å². The molecule has 0 radical (unpaired) electrons. The molecular formula is C18H19NO4S. The SMILES string of the molecule is COc1ccccc1/C=C/S(=O)(=O)NC(=O)c1ccc(C)cc1C. The number of sulfonamides is 1. The lowest BCUT2D eigenvalue weighted by atomic mass is 10.1. The molecule has 24 heavy (non-hydrogen) atoms. The van der Waals surface area contributed by atoms with E-state index < -0.39 is 15.9 Å². The summed E-state index contributed by atoms with van der Waals surface area (Å²) in [5.41, 5.74) is 2.65. The predicted octanol–water partition coefficient (Wildman–Crippen LogP) is 3.04.